The van der Waals surface area contributed by atoms with E-state index in [1.807, 2.05) is 45.9 Å². The van der Waals surface area contributed by atoms with Gasteiger partial charge in [0.25, 0.3) is 0 Å². The van der Waals surface area contributed by atoms with Crippen molar-refractivity contribution in [3.63, 3.8) is 0 Å². The van der Waals surface area contributed by atoms with E-state index in [1.165, 1.54) is 0 Å². The van der Waals surface area contributed by atoms with Crippen LogP contribution in [0.25, 0.3) is 0 Å². The van der Waals surface area contributed by atoms with Crippen LogP contribution in [-0.2, 0) is 20.4 Å². The highest BCUT2D eigenvalue weighted by atomic mass is 16.4. The summed E-state index contributed by atoms with van der Waals surface area (Å²) < 4.78 is 0. The second-order valence-corrected chi connectivity index (χ2v) is 6.62. The maximum absolute atomic E-state index is 11.9. The molecule has 1 aliphatic rings. The molecule has 20 heavy (non-hydrogen) atoms. The van der Waals surface area contributed by atoms with Gasteiger partial charge in [-0.1, -0.05) is 26.0 Å². The minimum absolute atomic E-state index is 0.00740. The number of anilines is 1. The van der Waals surface area contributed by atoms with Gasteiger partial charge in [-0.2, -0.15) is 0 Å². The smallest absolute Gasteiger partial charge is 0.303 e. The highest BCUT2D eigenvalue weighted by Gasteiger charge is 2.39. The van der Waals surface area contributed by atoms with E-state index in [0.29, 0.717) is 6.42 Å². The minimum atomic E-state index is -0.781. The number of rotatable bonds is 4. The van der Waals surface area contributed by atoms with Crippen LogP contribution in [0.15, 0.2) is 18.2 Å². The van der Waals surface area contributed by atoms with Crippen LogP contribution in [-0.4, -0.2) is 17.0 Å². The van der Waals surface area contributed by atoms with Crippen molar-refractivity contribution in [1.82, 2.24) is 0 Å². The molecule has 1 heterocycles. The van der Waals surface area contributed by atoms with E-state index in [2.05, 4.69) is 5.32 Å². The Morgan fingerprint density at radius 3 is 2.60 bits per heavy atom. The zero-order valence-electron chi connectivity index (χ0n) is 12.4. The summed E-state index contributed by atoms with van der Waals surface area (Å²) in [6.07, 6.45) is 0.716. The van der Waals surface area contributed by atoms with E-state index < -0.39 is 11.4 Å². The first-order valence-electron chi connectivity index (χ1n) is 6.83. The number of carbonyl (C=O) groups excluding carboxylic acids is 1. The third-order valence-electron chi connectivity index (χ3n) is 4.25. The van der Waals surface area contributed by atoms with Crippen LogP contribution in [0.1, 0.15) is 51.7 Å². The predicted molar refractivity (Wildman–Crippen MR) is 78.0 cm³/mol. The maximum atomic E-state index is 11.9. The zero-order chi connectivity index (χ0) is 15.1. The first-order chi connectivity index (χ1) is 9.14. The quantitative estimate of drug-likeness (QED) is 0.887. The van der Waals surface area contributed by atoms with E-state index in [-0.39, 0.29) is 17.7 Å². The van der Waals surface area contributed by atoms with Crippen LogP contribution in [0.3, 0.4) is 0 Å². The minimum Gasteiger partial charge on any atom is -0.481 e. The van der Waals surface area contributed by atoms with Crippen molar-refractivity contribution in [2.24, 2.45) is 0 Å². The van der Waals surface area contributed by atoms with Crippen molar-refractivity contribution in [3.8, 4) is 0 Å². The van der Waals surface area contributed by atoms with Crippen molar-refractivity contribution < 1.29 is 14.7 Å². The van der Waals surface area contributed by atoms with Gasteiger partial charge in [-0.25, -0.2) is 0 Å². The van der Waals surface area contributed by atoms with Crippen LogP contribution in [0.5, 0.6) is 0 Å². The molecule has 0 saturated carbocycles. The van der Waals surface area contributed by atoms with Gasteiger partial charge in [0.15, 0.2) is 0 Å². The van der Waals surface area contributed by atoms with Crippen LogP contribution >= 0.6 is 0 Å². The molecule has 4 heteroatoms. The Balaban J connectivity index is 2.35. The lowest BCUT2D eigenvalue weighted by atomic mass is 9.77. The van der Waals surface area contributed by atoms with Crippen LogP contribution < -0.4 is 5.32 Å². The average molecular weight is 275 g/mol. The molecule has 0 spiro atoms. The summed E-state index contributed by atoms with van der Waals surface area (Å²) in [5.74, 6) is -0.774. The highest BCUT2D eigenvalue weighted by molar-refractivity contribution is 6.05. The SMILES string of the molecule is CC(C)(CCC(=O)O)c1ccc2c(c1)C(C)(C)C(=O)N2. The van der Waals surface area contributed by atoms with E-state index in [9.17, 15) is 9.59 Å². The summed E-state index contributed by atoms with van der Waals surface area (Å²) in [4.78, 5) is 22.7. The highest BCUT2D eigenvalue weighted by Crippen LogP contribution is 2.40. The summed E-state index contributed by atoms with van der Waals surface area (Å²) >= 11 is 0. The molecule has 1 amide bonds. The molecule has 0 aliphatic carbocycles. The molecule has 1 aliphatic heterocycles. The molecule has 2 rings (SSSR count). The monoisotopic (exact) mass is 275 g/mol. The van der Waals surface area contributed by atoms with Crippen molar-refractivity contribution >= 4 is 17.6 Å². The van der Waals surface area contributed by atoms with Gasteiger partial charge < -0.3 is 10.4 Å². The number of carbonyl (C=O) groups is 2. The molecule has 0 bridgehead atoms. The van der Waals surface area contributed by atoms with Gasteiger partial charge >= 0.3 is 5.97 Å². The van der Waals surface area contributed by atoms with E-state index in [0.717, 1.165) is 16.8 Å². The van der Waals surface area contributed by atoms with Crippen LogP contribution in [0, 0.1) is 0 Å². The Morgan fingerprint density at radius 1 is 1.35 bits per heavy atom. The Bertz CT molecular complexity index is 573. The Hall–Kier alpha value is -1.84. The number of carboxylic acids is 1. The third kappa shape index (κ3) is 2.42. The summed E-state index contributed by atoms with van der Waals surface area (Å²) in [6, 6.07) is 5.93. The summed E-state index contributed by atoms with van der Waals surface area (Å²) in [5.41, 5.74) is 2.16. The normalized spacial score (nSPS) is 16.7. The number of hydrogen-bond donors (Lipinski definition) is 2. The van der Waals surface area contributed by atoms with Gasteiger partial charge in [0.1, 0.15) is 0 Å². The fraction of sp³-hybridized carbons (Fsp3) is 0.500. The van der Waals surface area contributed by atoms with Crippen molar-refractivity contribution in [2.75, 3.05) is 5.32 Å². The first-order valence-corrected chi connectivity index (χ1v) is 6.83. The molecule has 4 nitrogen and oxygen atoms in total. The molecule has 0 fully saturated rings. The second-order valence-electron chi connectivity index (χ2n) is 6.62. The number of aliphatic carboxylic acids is 1. The number of hydrogen-bond acceptors (Lipinski definition) is 2. The molecule has 0 radical (unpaired) electrons. The largest absolute Gasteiger partial charge is 0.481 e. The second kappa shape index (κ2) is 4.62. The molecule has 0 atom stereocenters. The molecule has 0 aromatic heterocycles. The van der Waals surface area contributed by atoms with Crippen molar-refractivity contribution in [1.29, 1.82) is 0 Å². The molecule has 0 unspecified atom stereocenters. The van der Waals surface area contributed by atoms with Crippen molar-refractivity contribution in [3.05, 3.63) is 29.3 Å². The Morgan fingerprint density at radius 2 is 2.00 bits per heavy atom. The molecular formula is C16H21NO3. The summed E-state index contributed by atoms with van der Waals surface area (Å²) in [7, 11) is 0. The number of benzene rings is 1. The van der Waals surface area contributed by atoms with Gasteiger partial charge in [0, 0.05) is 12.1 Å². The lowest BCUT2D eigenvalue weighted by molar-refractivity contribution is -0.137. The first kappa shape index (κ1) is 14.6. The van der Waals surface area contributed by atoms with Crippen LogP contribution in [0.4, 0.5) is 5.69 Å². The lowest BCUT2D eigenvalue weighted by Crippen LogP contribution is -2.27. The Labute approximate surface area is 119 Å². The van der Waals surface area contributed by atoms with E-state index >= 15 is 0 Å². The van der Waals surface area contributed by atoms with Crippen LogP contribution in [0.2, 0.25) is 0 Å². The van der Waals surface area contributed by atoms with E-state index in [1.54, 1.807) is 0 Å². The molecule has 0 saturated heterocycles. The molecular weight excluding hydrogens is 254 g/mol. The topological polar surface area (TPSA) is 66.4 Å². The van der Waals surface area contributed by atoms with Gasteiger partial charge in [-0.3, -0.25) is 9.59 Å². The van der Waals surface area contributed by atoms with Gasteiger partial charge in [-0.05, 0) is 42.9 Å². The average Bonchev–Trinajstić information content (AvgIpc) is 2.58. The third-order valence-corrected chi connectivity index (χ3v) is 4.25. The maximum Gasteiger partial charge on any atom is 0.303 e. The molecule has 1 aromatic rings. The summed E-state index contributed by atoms with van der Waals surface area (Å²) in [6.45, 7) is 7.88. The number of fused-ring (bicyclic) bond motifs is 1. The number of nitrogens with one attached hydrogen (secondary N) is 1. The number of carboxylic acid groups (broad SMARTS) is 1. The number of amides is 1. The zero-order valence-corrected chi connectivity index (χ0v) is 12.4. The predicted octanol–water partition coefficient (Wildman–Crippen LogP) is 3.06. The molecule has 2 N–H and O–H groups in total. The molecule has 1 aromatic carbocycles. The van der Waals surface area contributed by atoms with Crippen molar-refractivity contribution in [2.45, 2.75) is 51.4 Å². The van der Waals surface area contributed by atoms with Gasteiger partial charge in [-0.15, -0.1) is 0 Å². The summed E-state index contributed by atoms with van der Waals surface area (Å²) in [5, 5.41) is 11.7. The van der Waals surface area contributed by atoms with E-state index in [4.69, 9.17) is 5.11 Å². The lowest BCUT2D eigenvalue weighted by Gasteiger charge is -2.26. The fourth-order valence-electron chi connectivity index (χ4n) is 2.56. The fourth-order valence-corrected chi connectivity index (χ4v) is 2.56. The van der Waals surface area contributed by atoms with Gasteiger partial charge in [0.05, 0.1) is 5.41 Å². The Kier molecular flexibility index (Phi) is 3.36. The van der Waals surface area contributed by atoms with Gasteiger partial charge in [0.2, 0.25) is 5.91 Å². The standard InChI is InChI=1S/C16H21NO3/c1-15(2,8-7-13(18)19)10-5-6-12-11(9-10)16(3,4)14(20)17-12/h5-6,9H,7-8H2,1-4H3,(H,17,20)(H,18,19). The molecule has 108 valence electrons.